The fourth-order valence-electron chi connectivity index (χ4n) is 4.76. The van der Waals surface area contributed by atoms with E-state index in [-0.39, 0.29) is 0 Å². The van der Waals surface area contributed by atoms with Crippen LogP contribution in [0.4, 0.5) is 0 Å². The first-order chi connectivity index (χ1) is 17.4. The molecule has 0 saturated heterocycles. The summed E-state index contributed by atoms with van der Waals surface area (Å²) in [6, 6.07) is 19.2. The van der Waals surface area contributed by atoms with Crippen LogP contribution in [0.25, 0.3) is 22.5 Å². The lowest BCUT2D eigenvalue weighted by atomic mass is 10.00. The van der Waals surface area contributed by atoms with Gasteiger partial charge >= 0.3 is 0 Å². The van der Waals surface area contributed by atoms with Crippen molar-refractivity contribution in [1.29, 1.82) is 0 Å². The van der Waals surface area contributed by atoms with Crippen molar-refractivity contribution >= 4 is 8.07 Å². The van der Waals surface area contributed by atoms with Gasteiger partial charge in [-0.2, -0.15) is 0 Å². The smallest absolute Gasteiger partial charge is 0.159 e. The maximum absolute atomic E-state index is 4.66. The van der Waals surface area contributed by atoms with Gasteiger partial charge in [-0.1, -0.05) is 133 Å². The molecule has 0 atom stereocenters. The Morgan fingerprint density at radius 3 is 1.58 bits per heavy atom. The minimum Gasteiger partial charge on any atom is -0.236 e. The highest BCUT2D eigenvalue weighted by Crippen LogP contribution is 2.24. The fourth-order valence-corrected chi connectivity index (χ4v) is 6.07. The summed E-state index contributed by atoms with van der Waals surface area (Å²) in [6.45, 7) is 9.70. The zero-order valence-electron chi connectivity index (χ0n) is 23.4. The van der Waals surface area contributed by atoms with Gasteiger partial charge in [0.25, 0.3) is 0 Å². The SMILES string of the molecule is CCCCCCc1ccc(-c2ccc(-c3ncc(CCCCCCCC[Si](C)(C)C)cn3)cc2)cc1. The van der Waals surface area contributed by atoms with Crippen LogP contribution >= 0.6 is 0 Å². The summed E-state index contributed by atoms with van der Waals surface area (Å²) < 4.78 is 0. The molecule has 0 aliphatic carbocycles. The molecule has 0 aliphatic heterocycles. The first kappa shape index (κ1) is 28.3. The highest BCUT2D eigenvalue weighted by Gasteiger charge is 2.11. The van der Waals surface area contributed by atoms with Gasteiger partial charge in [0.1, 0.15) is 0 Å². The minimum atomic E-state index is -0.847. The molecule has 0 radical (unpaired) electrons. The number of hydrogen-bond donors (Lipinski definition) is 0. The highest BCUT2D eigenvalue weighted by atomic mass is 28.3. The van der Waals surface area contributed by atoms with Crippen molar-refractivity contribution in [3.05, 3.63) is 72.1 Å². The summed E-state index contributed by atoms with van der Waals surface area (Å²) >= 11 is 0. The third kappa shape index (κ3) is 10.4. The van der Waals surface area contributed by atoms with Crippen LogP contribution < -0.4 is 0 Å². The van der Waals surface area contributed by atoms with Gasteiger partial charge in [-0.05, 0) is 47.9 Å². The molecule has 0 amide bonds. The van der Waals surface area contributed by atoms with E-state index in [1.54, 1.807) is 0 Å². The second-order valence-electron chi connectivity index (χ2n) is 11.7. The normalized spacial score (nSPS) is 11.7. The van der Waals surface area contributed by atoms with Crippen molar-refractivity contribution in [3.8, 4) is 22.5 Å². The van der Waals surface area contributed by atoms with Crippen LogP contribution in [0.1, 0.15) is 82.3 Å². The van der Waals surface area contributed by atoms with Gasteiger partial charge in [0.2, 0.25) is 0 Å². The first-order valence-electron chi connectivity index (χ1n) is 14.5. The molecule has 3 heteroatoms. The Hall–Kier alpha value is -2.26. The Labute approximate surface area is 222 Å². The van der Waals surface area contributed by atoms with Crippen molar-refractivity contribution in [2.45, 2.75) is 110 Å². The molecule has 1 heterocycles. The van der Waals surface area contributed by atoms with Gasteiger partial charge in [-0.3, -0.25) is 0 Å². The van der Waals surface area contributed by atoms with Crippen LogP contribution in [-0.2, 0) is 12.8 Å². The second-order valence-corrected chi connectivity index (χ2v) is 17.3. The third-order valence-electron chi connectivity index (χ3n) is 7.10. The third-order valence-corrected chi connectivity index (χ3v) is 8.95. The monoisotopic (exact) mass is 500 g/mol. The van der Waals surface area contributed by atoms with Crippen molar-refractivity contribution in [2.75, 3.05) is 0 Å². The van der Waals surface area contributed by atoms with Gasteiger partial charge < -0.3 is 0 Å². The molecule has 0 aliphatic rings. The van der Waals surface area contributed by atoms with Crippen LogP contribution in [0.2, 0.25) is 25.7 Å². The number of hydrogen-bond acceptors (Lipinski definition) is 2. The molecule has 194 valence electrons. The summed E-state index contributed by atoms with van der Waals surface area (Å²) in [6.07, 6.45) is 19.7. The van der Waals surface area contributed by atoms with Crippen molar-refractivity contribution < 1.29 is 0 Å². The van der Waals surface area contributed by atoms with E-state index < -0.39 is 8.07 Å². The van der Waals surface area contributed by atoms with Crippen molar-refractivity contribution in [3.63, 3.8) is 0 Å². The average molecular weight is 501 g/mol. The molecule has 0 unspecified atom stereocenters. The Kier molecular flexibility index (Phi) is 11.9. The minimum absolute atomic E-state index is 0.815. The molecule has 3 aromatic rings. The maximum Gasteiger partial charge on any atom is 0.159 e. The molecule has 2 nitrogen and oxygen atoms in total. The quantitative estimate of drug-likeness (QED) is 0.144. The zero-order valence-corrected chi connectivity index (χ0v) is 24.4. The van der Waals surface area contributed by atoms with Crippen LogP contribution in [-0.4, -0.2) is 18.0 Å². The zero-order chi connectivity index (χ0) is 25.6. The Balaban J connectivity index is 1.40. The molecular weight excluding hydrogens is 452 g/mol. The lowest BCUT2D eigenvalue weighted by Crippen LogP contribution is -2.18. The van der Waals surface area contributed by atoms with Gasteiger partial charge in [-0.25, -0.2) is 9.97 Å². The number of benzene rings is 2. The van der Waals surface area contributed by atoms with E-state index in [2.05, 4.69) is 85.1 Å². The second kappa shape index (κ2) is 15.1. The Morgan fingerprint density at radius 1 is 0.528 bits per heavy atom. The first-order valence-corrected chi connectivity index (χ1v) is 18.2. The number of aryl methyl sites for hydroxylation is 2. The molecule has 1 aromatic heterocycles. The van der Waals surface area contributed by atoms with E-state index in [0.717, 1.165) is 17.8 Å². The average Bonchev–Trinajstić information content (AvgIpc) is 2.88. The van der Waals surface area contributed by atoms with E-state index in [1.165, 1.54) is 98.9 Å². The van der Waals surface area contributed by atoms with Crippen LogP contribution in [0.5, 0.6) is 0 Å². The number of nitrogens with zero attached hydrogens (tertiary/aromatic N) is 2. The highest BCUT2D eigenvalue weighted by molar-refractivity contribution is 6.76. The van der Waals surface area contributed by atoms with Crippen LogP contribution in [0.3, 0.4) is 0 Å². The van der Waals surface area contributed by atoms with Gasteiger partial charge in [0, 0.05) is 26.0 Å². The molecule has 0 saturated carbocycles. The Morgan fingerprint density at radius 2 is 1.00 bits per heavy atom. The standard InChI is InChI=1S/C33H48N2Si/c1-5-6-7-12-15-28-17-19-30(20-18-28)31-21-23-32(24-22-31)33-34-26-29(27-35-33)16-13-10-8-9-11-14-25-36(2,3)4/h17-24,26-27H,5-16,25H2,1-4H3. The summed E-state index contributed by atoms with van der Waals surface area (Å²) in [7, 11) is -0.847. The molecule has 3 rings (SSSR count). The molecule has 0 N–H and O–H groups in total. The van der Waals surface area contributed by atoms with E-state index in [1.807, 2.05) is 12.4 Å². The number of unbranched alkanes of at least 4 members (excludes halogenated alkanes) is 8. The van der Waals surface area contributed by atoms with E-state index in [4.69, 9.17) is 0 Å². The van der Waals surface area contributed by atoms with Gasteiger partial charge in [0.05, 0.1) is 0 Å². The molecule has 0 bridgehead atoms. The van der Waals surface area contributed by atoms with Gasteiger partial charge in [0.15, 0.2) is 5.82 Å². The molecular formula is C33H48N2Si. The fraction of sp³-hybridized carbons (Fsp3) is 0.515. The lowest BCUT2D eigenvalue weighted by molar-refractivity contribution is 0.605. The lowest BCUT2D eigenvalue weighted by Gasteiger charge is -2.14. The predicted molar refractivity (Wildman–Crippen MR) is 160 cm³/mol. The predicted octanol–water partition coefficient (Wildman–Crippen LogP) is 10.2. The summed E-state index contributed by atoms with van der Waals surface area (Å²) in [5.41, 5.74) is 6.29. The molecule has 0 fully saturated rings. The number of rotatable bonds is 16. The summed E-state index contributed by atoms with van der Waals surface area (Å²) in [5, 5.41) is 0. The van der Waals surface area contributed by atoms with Gasteiger partial charge in [-0.15, -0.1) is 0 Å². The summed E-state index contributed by atoms with van der Waals surface area (Å²) in [4.78, 5) is 9.32. The molecule has 36 heavy (non-hydrogen) atoms. The van der Waals surface area contributed by atoms with E-state index in [9.17, 15) is 0 Å². The Bertz CT molecular complexity index is 986. The van der Waals surface area contributed by atoms with Crippen LogP contribution in [0.15, 0.2) is 60.9 Å². The maximum atomic E-state index is 4.66. The van der Waals surface area contributed by atoms with Crippen LogP contribution in [0, 0.1) is 0 Å². The van der Waals surface area contributed by atoms with Crippen molar-refractivity contribution in [2.24, 2.45) is 0 Å². The molecule has 2 aromatic carbocycles. The topological polar surface area (TPSA) is 25.8 Å². The van der Waals surface area contributed by atoms with Crippen molar-refractivity contribution in [1.82, 2.24) is 9.97 Å². The number of aromatic nitrogens is 2. The summed E-state index contributed by atoms with van der Waals surface area (Å²) in [5.74, 6) is 0.815. The van der Waals surface area contributed by atoms with E-state index >= 15 is 0 Å². The van der Waals surface area contributed by atoms with E-state index in [0.29, 0.717) is 0 Å². The largest absolute Gasteiger partial charge is 0.236 e. The molecule has 0 spiro atoms.